The highest BCUT2D eigenvalue weighted by Crippen LogP contribution is 2.44. The van der Waals surface area contributed by atoms with Crippen molar-refractivity contribution in [3.8, 4) is 0 Å². The maximum absolute atomic E-state index is 13.3. The molecule has 6 nitrogen and oxygen atoms in total. The minimum atomic E-state index is -3.11. The van der Waals surface area contributed by atoms with Crippen LogP contribution < -0.4 is 10.6 Å². The lowest BCUT2D eigenvalue weighted by Crippen LogP contribution is -2.36. The molecule has 1 aromatic heterocycles. The number of benzene rings is 1. The van der Waals surface area contributed by atoms with Gasteiger partial charge in [0.25, 0.3) is 11.8 Å². The number of anilines is 1. The van der Waals surface area contributed by atoms with Crippen molar-refractivity contribution in [3.63, 3.8) is 0 Å². The number of nitrogens with one attached hydrogen (secondary N) is 2. The Bertz CT molecular complexity index is 1180. The number of hydrogen-bond acceptors (Lipinski definition) is 5. The molecule has 2 amide bonds. The number of rotatable bonds is 4. The summed E-state index contributed by atoms with van der Waals surface area (Å²) < 4.78 is 23.7. The van der Waals surface area contributed by atoms with Crippen molar-refractivity contribution in [2.75, 3.05) is 16.8 Å². The van der Waals surface area contributed by atoms with Crippen LogP contribution in [-0.2, 0) is 22.7 Å². The minimum absolute atomic E-state index is 0.0381. The van der Waals surface area contributed by atoms with Gasteiger partial charge in [-0.15, -0.1) is 11.3 Å². The van der Waals surface area contributed by atoms with E-state index >= 15 is 0 Å². The van der Waals surface area contributed by atoms with Gasteiger partial charge in [0.1, 0.15) is 5.00 Å². The van der Waals surface area contributed by atoms with Crippen LogP contribution in [0.15, 0.2) is 24.3 Å². The first-order valence-corrected chi connectivity index (χ1v) is 14.2. The number of amides is 2. The van der Waals surface area contributed by atoms with Gasteiger partial charge in [-0.25, -0.2) is 8.42 Å². The Hall–Kier alpha value is -1.90. The Kier molecular flexibility index (Phi) is 6.64. The zero-order valence-electron chi connectivity index (χ0n) is 19.0. The number of thiophene rings is 1. The third-order valence-corrected chi connectivity index (χ3v) is 9.81. The molecular weight excluding hydrogens is 480 g/mol. The van der Waals surface area contributed by atoms with Crippen LogP contribution in [-0.4, -0.2) is 37.8 Å². The molecule has 1 aliphatic heterocycles. The van der Waals surface area contributed by atoms with Gasteiger partial charge in [0, 0.05) is 21.5 Å². The molecule has 1 aliphatic carbocycles. The number of carbonyl (C=O) groups is 2. The summed E-state index contributed by atoms with van der Waals surface area (Å²) in [5, 5.41) is 6.91. The second-order valence-corrected chi connectivity index (χ2v) is 13.8. The average molecular weight is 509 g/mol. The Morgan fingerprint density at radius 1 is 1.09 bits per heavy atom. The van der Waals surface area contributed by atoms with Crippen LogP contribution in [0.2, 0.25) is 5.02 Å². The van der Waals surface area contributed by atoms with E-state index in [0.717, 1.165) is 29.7 Å². The summed E-state index contributed by atoms with van der Waals surface area (Å²) in [5.74, 6) is -0.0822. The van der Waals surface area contributed by atoms with Gasteiger partial charge in [0.05, 0.1) is 17.1 Å². The summed E-state index contributed by atoms with van der Waals surface area (Å²) in [5.41, 5.74) is 2.06. The van der Waals surface area contributed by atoms with Crippen molar-refractivity contribution in [1.29, 1.82) is 0 Å². The second-order valence-electron chi connectivity index (χ2n) is 10.0. The molecule has 1 saturated heterocycles. The number of fused-ring (bicyclic) bond motifs is 1. The molecule has 0 bridgehead atoms. The molecule has 0 radical (unpaired) electrons. The molecule has 2 unspecified atom stereocenters. The molecule has 2 atom stereocenters. The summed E-state index contributed by atoms with van der Waals surface area (Å²) >= 11 is 7.39. The van der Waals surface area contributed by atoms with Gasteiger partial charge in [0.15, 0.2) is 9.84 Å². The molecule has 1 aromatic carbocycles. The molecule has 2 heterocycles. The first kappa shape index (κ1) is 24.2. The van der Waals surface area contributed by atoms with Crippen molar-refractivity contribution in [2.45, 2.75) is 52.5 Å². The highest BCUT2D eigenvalue weighted by Gasteiger charge is 2.36. The van der Waals surface area contributed by atoms with E-state index in [2.05, 4.69) is 31.4 Å². The van der Waals surface area contributed by atoms with E-state index in [0.29, 0.717) is 33.5 Å². The van der Waals surface area contributed by atoms with Gasteiger partial charge >= 0.3 is 0 Å². The van der Waals surface area contributed by atoms with E-state index < -0.39 is 15.9 Å². The van der Waals surface area contributed by atoms with Gasteiger partial charge in [-0.1, -0.05) is 32.4 Å². The lowest BCUT2D eigenvalue weighted by Gasteiger charge is -2.33. The van der Waals surface area contributed by atoms with E-state index in [1.807, 2.05) is 0 Å². The fourth-order valence-electron chi connectivity index (χ4n) is 4.60. The molecule has 33 heavy (non-hydrogen) atoms. The normalized spacial score (nSPS) is 21.9. The largest absolute Gasteiger partial charge is 0.348 e. The topological polar surface area (TPSA) is 92.3 Å². The highest BCUT2D eigenvalue weighted by atomic mass is 35.5. The van der Waals surface area contributed by atoms with Gasteiger partial charge in [-0.3, -0.25) is 9.59 Å². The van der Waals surface area contributed by atoms with Crippen LogP contribution in [0.25, 0.3) is 0 Å². The highest BCUT2D eigenvalue weighted by molar-refractivity contribution is 7.91. The minimum Gasteiger partial charge on any atom is -0.348 e. The predicted octanol–water partition coefficient (Wildman–Crippen LogP) is 4.72. The Morgan fingerprint density at radius 2 is 1.79 bits per heavy atom. The van der Waals surface area contributed by atoms with Crippen LogP contribution >= 0.6 is 22.9 Å². The van der Waals surface area contributed by atoms with Crippen LogP contribution in [0.4, 0.5) is 5.00 Å². The Morgan fingerprint density at radius 3 is 2.39 bits per heavy atom. The summed E-state index contributed by atoms with van der Waals surface area (Å²) in [6.07, 6.45) is 3.00. The molecule has 9 heteroatoms. The summed E-state index contributed by atoms with van der Waals surface area (Å²) in [4.78, 5) is 27.4. The molecule has 0 saturated carbocycles. The molecule has 178 valence electrons. The molecule has 1 fully saturated rings. The van der Waals surface area contributed by atoms with Gasteiger partial charge in [-0.05, 0) is 66.8 Å². The maximum Gasteiger partial charge on any atom is 0.256 e. The van der Waals surface area contributed by atoms with Crippen molar-refractivity contribution >= 4 is 49.6 Å². The van der Waals surface area contributed by atoms with E-state index in [-0.39, 0.29) is 28.7 Å². The Labute approximate surface area is 204 Å². The standard InChI is InChI=1S/C24H29ClN2O4S2/c1-24(2,3)15-6-9-18-19(12-15)32-23(27-21(28)14-4-7-16(25)8-5-14)20(18)22(29)26-17-10-11-33(30,31)13-17/h4-5,7-8,15,17H,6,9-13H2,1-3H3,(H,26,29)(H,27,28). The zero-order valence-corrected chi connectivity index (χ0v) is 21.4. The third kappa shape index (κ3) is 5.44. The summed E-state index contributed by atoms with van der Waals surface area (Å²) in [7, 11) is -3.11. The number of halogens is 1. The average Bonchev–Trinajstić information content (AvgIpc) is 3.25. The van der Waals surface area contributed by atoms with E-state index in [1.54, 1.807) is 24.3 Å². The van der Waals surface area contributed by atoms with Crippen molar-refractivity contribution in [2.24, 2.45) is 11.3 Å². The molecular formula is C24H29ClN2O4S2. The predicted molar refractivity (Wildman–Crippen MR) is 133 cm³/mol. The zero-order chi connectivity index (χ0) is 24.0. The lowest BCUT2D eigenvalue weighted by molar-refractivity contribution is 0.0941. The van der Waals surface area contributed by atoms with Gasteiger partial charge < -0.3 is 10.6 Å². The van der Waals surface area contributed by atoms with Crippen LogP contribution in [0, 0.1) is 11.3 Å². The maximum atomic E-state index is 13.3. The number of carbonyl (C=O) groups excluding carboxylic acids is 2. The van der Waals surface area contributed by atoms with Crippen molar-refractivity contribution < 1.29 is 18.0 Å². The molecule has 2 aromatic rings. The van der Waals surface area contributed by atoms with Crippen LogP contribution in [0.3, 0.4) is 0 Å². The van der Waals surface area contributed by atoms with Gasteiger partial charge in [-0.2, -0.15) is 0 Å². The van der Waals surface area contributed by atoms with Crippen LogP contribution in [0.1, 0.15) is 64.8 Å². The van der Waals surface area contributed by atoms with Crippen molar-refractivity contribution in [1.82, 2.24) is 5.32 Å². The number of sulfone groups is 1. The third-order valence-electron chi connectivity index (χ3n) is 6.62. The SMILES string of the molecule is CC(C)(C)C1CCc2c(sc(NC(=O)c3ccc(Cl)cc3)c2C(=O)NC2CCS(=O)(=O)C2)C1. The smallest absolute Gasteiger partial charge is 0.256 e. The molecule has 4 rings (SSSR count). The quantitative estimate of drug-likeness (QED) is 0.625. The first-order valence-electron chi connectivity index (χ1n) is 11.2. The fourth-order valence-corrected chi connectivity index (χ4v) is 7.72. The van der Waals surface area contributed by atoms with Gasteiger partial charge in [0.2, 0.25) is 0 Å². The Balaban J connectivity index is 1.64. The fraction of sp³-hybridized carbons (Fsp3) is 0.500. The molecule has 0 spiro atoms. The van der Waals surface area contributed by atoms with Crippen molar-refractivity contribution in [3.05, 3.63) is 50.9 Å². The van der Waals surface area contributed by atoms with E-state index in [9.17, 15) is 18.0 Å². The second kappa shape index (κ2) is 9.04. The monoisotopic (exact) mass is 508 g/mol. The van der Waals surface area contributed by atoms with E-state index in [1.165, 1.54) is 11.3 Å². The first-order chi connectivity index (χ1) is 15.4. The number of hydrogen-bond donors (Lipinski definition) is 2. The molecule has 2 N–H and O–H groups in total. The summed E-state index contributed by atoms with van der Waals surface area (Å²) in [6.45, 7) is 6.69. The van der Waals surface area contributed by atoms with E-state index in [4.69, 9.17) is 11.6 Å². The lowest BCUT2D eigenvalue weighted by atomic mass is 9.72. The van der Waals surface area contributed by atoms with Crippen LogP contribution in [0.5, 0.6) is 0 Å². The summed E-state index contributed by atoms with van der Waals surface area (Å²) in [6, 6.07) is 6.19. The molecule has 2 aliphatic rings.